The molecule has 2 heteroatoms. The third-order valence-electron chi connectivity index (χ3n) is 0.950. The first-order chi connectivity index (χ1) is 3.93. The average Bonchev–Trinajstić information content (AvgIpc) is 1.90. The van der Waals surface area contributed by atoms with E-state index >= 15 is 0 Å². The van der Waals surface area contributed by atoms with E-state index in [2.05, 4.69) is 17.7 Å². The lowest BCUT2D eigenvalue weighted by atomic mass is 10.5. The minimum atomic E-state index is 0.868. The van der Waals surface area contributed by atoms with Crippen molar-refractivity contribution in [1.29, 1.82) is 0 Å². The summed E-state index contributed by atoms with van der Waals surface area (Å²) in [7, 11) is 0.868. The van der Waals surface area contributed by atoms with E-state index in [9.17, 15) is 0 Å². The highest BCUT2D eigenvalue weighted by atomic mass is 31.1. The van der Waals surface area contributed by atoms with Crippen LogP contribution in [0.3, 0.4) is 0 Å². The molecule has 0 radical (unpaired) electrons. The topological polar surface area (TPSA) is 12.9 Å². The second-order valence-electron chi connectivity index (χ2n) is 1.49. The average molecular weight is 125 g/mol. The molecule has 0 amide bonds. The van der Waals surface area contributed by atoms with Gasteiger partial charge in [0.1, 0.15) is 0 Å². The van der Waals surface area contributed by atoms with Crippen molar-refractivity contribution in [2.75, 3.05) is 6.66 Å². The normalized spacial score (nSPS) is 10.6. The Bertz CT molecular complexity index is 150. The lowest BCUT2D eigenvalue weighted by Gasteiger charge is -1.89. The number of pyridine rings is 1. The number of hydrogen-bond acceptors (Lipinski definition) is 1. The van der Waals surface area contributed by atoms with Crippen LogP contribution in [0.5, 0.6) is 0 Å². The van der Waals surface area contributed by atoms with Crippen LogP contribution >= 0.6 is 8.58 Å². The first kappa shape index (κ1) is 5.71. The van der Waals surface area contributed by atoms with Gasteiger partial charge in [0.15, 0.2) is 0 Å². The molecule has 42 valence electrons. The predicted octanol–water partition coefficient (Wildman–Crippen LogP) is 1.02. The largest absolute Gasteiger partial charge is 0.264 e. The Morgan fingerprint density at radius 3 is 2.88 bits per heavy atom. The summed E-state index contributed by atoms with van der Waals surface area (Å²) in [5.41, 5.74) is 0. The van der Waals surface area contributed by atoms with Gasteiger partial charge < -0.3 is 0 Å². The summed E-state index contributed by atoms with van der Waals surface area (Å²) in [5, 5.41) is 1.33. The van der Waals surface area contributed by atoms with E-state index in [1.807, 2.05) is 12.3 Å². The summed E-state index contributed by atoms with van der Waals surface area (Å²) < 4.78 is 0. The van der Waals surface area contributed by atoms with Crippen molar-refractivity contribution < 1.29 is 0 Å². The van der Waals surface area contributed by atoms with Gasteiger partial charge in [-0.15, -0.1) is 0 Å². The fraction of sp³-hybridized carbons (Fsp3) is 0.167. The highest BCUT2D eigenvalue weighted by Crippen LogP contribution is 1.99. The van der Waals surface area contributed by atoms with Crippen molar-refractivity contribution in [2.24, 2.45) is 0 Å². The third-order valence-corrected chi connectivity index (χ3v) is 1.82. The van der Waals surface area contributed by atoms with Crippen LogP contribution in [0.1, 0.15) is 0 Å². The van der Waals surface area contributed by atoms with Gasteiger partial charge >= 0.3 is 0 Å². The second kappa shape index (κ2) is 2.78. The molecular weight excluding hydrogens is 117 g/mol. The Morgan fingerprint density at radius 1 is 1.62 bits per heavy atom. The van der Waals surface area contributed by atoms with Crippen molar-refractivity contribution in [3.05, 3.63) is 24.5 Å². The first-order valence-corrected chi connectivity index (χ1v) is 4.01. The minimum absolute atomic E-state index is 0.868. The summed E-state index contributed by atoms with van der Waals surface area (Å²) in [5.74, 6) is 0. The highest BCUT2D eigenvalue weighted by Gasteiger charge is 1.80. The van der Waals surface area contributed by atoms with Crippen molar-refractivity contribution in [3.63, 3.8) is 0 Å². The van der Waals surface area contributed by atoms with Crippen LogP contribution in [0.2, 0.25) is 0 Å². The first-order valence-electron chi connectivity index (χ1n) is 2.51. The maximum Gasteiger partial charge on any atom is 0.0341 e. The molecule has 0 aliphatic rings. The molecule has 0 aromatic carbocycles. The molecular formula is C6H8NP. The van der Waals surface area contributed by atoms with E-state index < -0.39 is 0 Å². The monoisotopic (exact) mass is 125 g/mol. The Kier molecular flexibility index (Phi) is 1.99. The molecule has 1 rings (SSSR count). The van der Waals surface area contributed by atoms with Crippen LogP contribution in [-0.4, -0.2) is 11.6 Å². The summed E-state index contributed by atoms with van der Waals surface area (Å²) in [4.78, 5) is 3.96. The van der Waals surface area contributed by atoms with Gasteiger partial charge in [0.2, 0.25) is 0 Å². The SMILES string of the molecule is CPc1cccnc1. The zero-order chi connectivity index (χ0) is 5.82. The summed E-state index contributed by atoms with van der Waals surface area (Å²) >= 11 is 0. The second-order valence-corrected chi connectivity index (χ2v) is 2.57. The lowest BCUT2D eigenvalue weighted by Crippen LogP contribution is -1.90. The van der Waals surface area contributed by atoms with Gasteiger partial charge in [-0.2, -0.15) is 0 Å². The molecule has 8 heavy (non-hydrogen) atoms. The third kappa shape index (κ3) is 1.28. The summed E-state index contributed by atoms with van der Waals surface area (Å²) in [6.45, 7) is 2.15. The van der Waals surface area contributed by atoms with Crippen LogP contribution in [0.25, 0.3) is 0 Å². The maximum atomic E-state index is 3.96. The van der Waals surface area contributed by atoms with Crippen molar-refractivity contribution in [1.82, 2.24) is 4.98 Å². The van der Waals surface area contributed by atoms with Crippen molar-refractivity contribution >= 4 is 13.9 Å². The molecule has 0 saturated carbocycles. The van der Waals surface area contributed by atoms with Crippen LogP contribution in [0.4, 0.5) is 0 Å². The van der Waals surface area contributed by atoms with Gasteiger partial charge in [-0.05, 0) is 18.0 Å². The van der Waals surface area contributed by atoms with E-state index in [1.165, 1.54) is 5.30 Å². The molecule has 0 aliphatic heterocycles. The molecule has 0 fully saturated rings. The number of aromatic nitrogens is 1. The van der Waals surface area contributed by atoms with Gasteiger partial charge in [-0.1, -0.05) is 14.6 Å². The standard InChI is InChI=1S/C6H8NP/c1-8-6-3-2-4-7-5-6/h2-5,8H,1H3. The van der Waals surface area contributed by atoms with Gasteiger partial charge in [0.25, 0.3) is 0 Å². The molecule has 0 aliphatic carbocycles. The van der Waals surface area contributed by atoms with E-state index in [1.54, 1.807) is 6.20 Å². The van der Waals surface area contributed by atoms with Gasteiger partial charge in [-0.25, -0.2) is 0 Å². The number of nitrogens with zero attached hydrogens (tertiary/aromatic N) is 1. The summed E-state index contributed by atoms with van der Waals surface area (Å²) in [6.07, 6.45) is 3.70. The van der Waals surface area contributed by atoms with E-state index in [0.717, 1.165) is 8.58 Å². The van der Waals surface area contributed by atoms with Gasteiger partial charge in [0.05, 0.1) is 0 Å². The Morgan fingerprint density at radius 2 is 2.50 bits per heavy atom. The quantitative estimate of drug-likeness (QED) is 0.510. The number of rotatable bonds is 1. The molecule has 1 unspecified atom stereocenters. The van der Waals surface area contributed by atoms with E-state index in [0.29, 0.717) is 0 Å². The molecule has 1 heterocycles. The van der Waals surface area contributed by atoms with Crippen LogP contribution < -0.4 is 5.30 Å². The van der Waals surface area contributed by atoms with Crippen molar-refractivity contribution in [3.8, 4) is 0 Å². The summed E-state index contributed by atoms with van der Waals surface area (Å²) in [6, 6.07) is 4.05. The Hall–Kier alpha value is -0.420. The smallest absolute Gasteiger partial charge is 0.0341 e. The molecule has 0 bridgehead atoms. The van der Waals surface area contributed by atoms with Crippen LogP contribution in [-0.2, 0) is 0 Å². The molecule has 1 atom stereocenters. The highest BCUT2D eigenvalue weighted by molar-refractivity contribution is 7.46. The van der Waals surface area contributed by atoms with E-state index in [4.69, 9.17) is 0 Å². The Balaban J connectivity index is 2.83. The fourth-order valence-electron chi connectivity index (χ4n) is 0.511. The molecule has 0 spiro atoms. The molecule has 1 aromatic rings. The zero-order valence-electron chi connectivity index (χ0n) is 4.76. The maximum absolute atomic E-state index is 3.96. The molecule has 1 nitrogen and oxygen atoms in total. The zero-order valence-corrected chi connectivity index (χ0v) is 5.76. The lowest BCUT2D eigenvalue weighted by molar-refractivity contribution is 1.35. The van der Waals surface area contributed by atoms with Crippen molar-refractivity contribution in [2.45, 2.75) is 0 Å². The fourth-order valence-corrected chi connectivity index (χ4v) is 0.977. The molecule has 0 saturated heterocycles. The molecule has 0 N–H and O–H groups in total. The number of hydrogen-bond donors (Lipinski definition) is 0. The van der Waals surface area contributed by atoms with Gasteiger partial charge in [0, 0.05) is 12.4 Å². The minimum Gasteiger partial charge on any atom is -0.264 e. The Labute approximate surface area is 50.9 Å². The van der Waals surface area contributed by atoms with Crippen LogP contribution in [0, 0.1) is 0 Å². The van der Waals surface area contributed by atoms with Crippen LogP contribution in [0.15, 0.2) is 24.5 Å². The van der Waals surface area contributed by atoms with Gasteiger partial charge in [-0.3, -0.25) is 4.98 Å². The predicted molar refractivity (Wildman–Crippen MR) is 38.1 cm³/mol. The molecule has 1 aromatic heterocycles. The van der Waals surface area contributed by atoms with E-state index in [-0.39, 0.29) is 0 Å².